The van der Waals surface area contributed by atoms with Crippen LogP contribution in [0.25, 0.3) is 0 Å². The lowest BCUT2D eigenvalue weighted by Crippen LogP contribution is -2.60. The van der Waals surface area contributed by atoms with E-state index in [1.165, 1.54) is 0 Å². The van der Waals surface area contributed by atoms with Gasteiger partial charge in [-0.1, -0.05) is 13.8 Å². The zero-order chi connectivity index (χ0) is 23.4. The topological polar surface area (TPSA) is 65.1 Å². The standard InChI is InChI=1S/C24H46N4O3/c1-18(2)15-25-21(29)24(9-11-27(12-10-24)19(3)4)17-26-13-14-28(20(5)16-26)22(30)31-23(6,7)8/h18-20H,9-17H2,1-8H3,(H,25,29). The maximum atomic E-state index is 13.3. The Balaban J connectivity index is 2.04. The molecule has 0 bridgehead atoms. The quantitative estimate of drug-likeness (QED) is 0.690. The predicted octanol–water partition coefficient (Wildman–Crippen LogP) is 3.19. The number of likely N-dealkylation sites (tertiary alicyclic amines) is 1. The van der Waals surface area contributed by atoms with Crippen molar-refractivity contribution in [3.63, 3.8) is 0 Å². The Bertz CT molecular complexity index is 606. The van der Waals surface area contributed by atoms with Crippen molar-refractivity contribution >= 4 is 12.0 Å². The number of nitrogens with one attached hydrogen (secondary N) is 1. The highest BCUT2D eigenvalue weighted by Gasteiger charge is 2.44. The zero-order valence-electron chi connectivity index (χ0n) is 21.2. The Morgan fingerprint density at radius 1 is 1.06 bits per heavy atom. The molecule has 0 spiro atoms. The fourth-order valence-electron chi connectivity index (χ4n) is 4.61. The fourth-order valence-corrected chi connectivity index (χ4v) is 4.61. The molecule has 0 aromatic heterocycles. The van der Waals surface area contributed by atoms with E-state index in [1.807, 2.05) is 25.7 Å². The van der Waals surface area contributed by atoms with Crippen molar-refractivity contribution in [2.24, 2.45) is 11.3 Å². The van der Waals surface area contributed by atoms with Crippen LogP contribution in [0.5, 0.6) is 0 Å². The third-order valence-corrected chi connectivity index (χ3v) is 6.50. The summed E-state index contributed by atoms with van der Waals surface area (Å²) in [4.78, 5) is 32.6. The number of nitrogens with zero attached hydrogens (tertiary/aromatic N) is 3. The minimum absolute atomic E-state index is 0.0649. The van der Waals surface area contributed by atoms with Crippen LogP contribution in [0.1, 0.15) is 68.2 Å². The lowest BCUT2D eigenvalue weighted by atomic mass is 9.76. The summed E-state index contributed by atoms with van der Waals surface area (Å²) in [5.74, 6) is 0.640. The molecule has 0 aliphatic carbocycles. The number of ether oxygens (including phenoxy) is 1. The van der Waals surface area contributed by atoms with Crippen LogP contribution in [-0.4, -0.2) is 90.2 Å². The molecule has 0 aromatic carbocycles. The highest BCUT2D eigenvalue weighted by Crippen LogP contribution is 2.34. The highest BCUT2D eigenvalue weighted by atomic mass is 16.6. The number of carbonyl (C=O) groups is 2. The molecule has 31 heavy (non-hydrogen) atoms. The summed E-state index contributed by atoms with van der Waals surface area (Å²) in [7, 11) is 0. The normalized spacial score (nSPS) is 23.3. The first-order valence-electron chi connectivity index (χ1n) is 12.1. The van der Waals surface area contributed by atoms with Crippen LogP contribution in [0.4, 0.5) is 4.79 Å². The number of rotatable bonds is 6. The van der Waals surface area contributed by atoms with Crippen LogP contribution in [0.3, 0.4) is 0 Å². The molecule has 2 aliphatic rings. The van der Waals surface area contributed by atoms with Gasteiger partial charge in [-0.25, -0.2) is 4.79 Å². The van der Waals surface area contributed by atoms with Gasteiger partial charge in [-0.15, -0.1) is 0 Å². The largest absolute Gasteiger partial charge is 0.444 e. The average Bonchev–Trinajstić information content (AvgIpc) is 2.65. The molecule has 2 rings (SSSR count). The average molecular weight is 439 g/mol. The molecule has 0 radical (unpaired) electrons. The van der Waals surface area contributed by atoms with Gasteiger partial charge in [0, 0.05) is 44.8 Å². The van der Waals surface area contributed by atoms with Crippen LogP contribution in [-0.2, 0) is 9.53 Å². The molecule has 7 heteroatoms. The smallest absolute Gasteiger partial charge is 0.410 e. The Kier molecular flexibility index (Phi) is 8.79. The number of piperazine rings is 1. The van der Waals surface area contributed by atoms with E-state index in [0.29, 0.717) is 18.5 Å². The molecule has 2 aliphatic heterocycles. The van der Waals surface area contributed by atoms with E-state index in [1.54, 1.807) is 0 Å². The molecular formula is C24H46N4O3. The van der Waals surface area contributed by atoms with Gasteiger partial charge in [-0.3, -0.25) is 9.69 Å². The third-order valence-electron chi connectivity index (χ3n) is 6.50. The number of piperidine rings is 1. The maximum Gasteiger partial charge on any atom is 0.410 e. The summed E-state index contributed by atoms with van der Waals surface area (Å²) in [5, 5.41) is 3.22. The van der Waals surface area contributed by atoms with Crippen molar-refractivity contribution in [2.75, 3.05) is 45.8 Å². The van der Waals surface area contributed by atoms with Crippen LogP contribution < -0.4 is 5.32 Å². The van der Waals surface area contributed by atoms with Crippen molar-refractivity contribution < 1.29 is 14.3 Å². The van der Waals surface area contributed by atoms with Crippen LogP contribution in [0.15, 0.2) is 0 Å². The molecule has 2 amide bonds. The van der Waals surface area contributed by atoms with Crippen molar-refractivity contribution in [3.8, 4) is 0 Å². The molecule has 0 saturated carbocycles. The van der Waals surface area contributed by atoms with E-state index >= 15 is 0 Å². The number of hydrogen-bond donors (Lipinski definition) is 1. The molecule has 1 N–H and O–H groups in total. The number of amides is 2. The molecular weight excluding hydrogens is 392 g/mol. The lowest BCUT2D eigenvalue weighted by Gasteiger charge is -2.47. The Morgan fingerprint density at radius 3 is 2.16 bits per heavy atom. The minimum atomic E-state index is -0.489. The van der Waals surface area contributed by atoms with Gasteiger partial charge in [0.1, 0.15) is 5.60 Å². The van der Waals surface area contributed by atoms with Gasteiger partial charge in [0.15, 0.2) is 0 Å². The van der Waals surface area contributed by atoms with Crippen molar-refractivity contribution in [1.82, 2.24) is 20.0 Å². The summed E-state index contributed by atoms with van der Waals surface area (Å²) in [6.45, 7) is 22.1. The summed E-state index contributed by atoms with van der Waals surface area (Å²) >= 11 is 0. The van der Waals surface area contributed by atoms with Gasteiger partial charge in [0.05, 0.1) is 5.41 Å². The zero-order valence-corrected chi connectivity index (χ0v) is 21.2. The first kappa shape index (κ1) is 25.9. The lowest BCUT2D eigenvalue weighted by molar-refractivity contribution is -0.136. The van der Waals surface area contributed by atoms with E-state index in [4.69, 9.17) is 4.74 Å². The molecule has 180 valence electrons. The van der Waals surface area contributed by atoms with Crippen LogP contribution in [0, 0.1) is 11.3 Å². The van der Waals surface area contributed by atoms with E-state index in [2.05, 4.69) is 49.7 Å². The van der Waals surface area contributed by atoms with Crippen molar-refractivity contribution in [2.45, 2.75) is 85.9 Å². The van der Waals surface area contributed by atoms with E-state index < -0.39 is 5.60 Å². The SMILES string of the molecule is CC(C)CNC(=O)C1(CN2CCN(C(=O)OC(C)(C)C)C(C)C2)CCN(C(C)C)CC1. The summed E-state index contributed by atoms with van der Waals surface area (Å²) in [5.41, 5.74) is -0.842. The Labute approximate surface area is 189 Å². The molecule has 1 atom stereocenters. The second-order valence-electron chi connectivity index (χ2n) is 11.3. The van der Waals surface area contributed by atoms with Crippen molar-refractivity contribution in [3.05, 3.63) is 0 Å². The number of hydrogen-bond acceptors (Lipinski definition) is 5. The third kappa shape index (κ3) is 7.35. The van der Waals surface area contributed by atoms with Gasteiger partial charge >= 0.3 is 6.09 Å². The Hall–Kier alpha value is -1.34. The summed E-state index contributed by atoms with van der Waals surface area (Å²) < 4.78 is 5.58. The van der Waals surface area contributed by atoms with Gasteiger partial charge in [0.2, 0.25) is 5.91 Å². The fraction of sp³-hybridized carbons (Fsp3) is 0.917. The minimum Gasteiger partial charge on any atom is -0.444 e. The first-order valence-corrected chi connectivity index (χ1v) is 12.1. The van der Waals surface area contributed by atoms with E-state index in [-0.39, 0.29) is 23.5 Å². The van der Waals surface area contributed by atoms with E-state index in [0.717, 1.165) is 52.1 Å². The molecule has 1 unspecified atom stereocenters. The molecule has 2 saturated heterocycles. The molecule has 2 fully saturated rings. The molecule has 7 nitrogen and oxygen atoms in total. The van der Waals surface area contributed by atoms with Gasteiger partial charge in [0.25, 0.3) is 0 Å². The second-order valence-corrected chi connectivity index (χ2v) is 11.3. The van der Waals surface area contributed by atoms with Crippen molar-refractivity contribution in [1.29, 1.82) is 0 Å². The Morgan fingerprint density at radius 2 is 1.68 bits per heavy atom. The summed E-state index contributed by atoms with van der Waals surface area (Å²) in [6.07, 6.45) is 1.53. The van der Waals surface area contributed by atoms with E-state index in [9.17, 15) is 9.59 Å². The molecule has 0 aromatic rings. The first-order chi connectivity index (χ1) is 14.3. The monoisotopic (exact) mass is 438 g/mol. The van der Waals surface area contributed by atoms with Crippen LogP contribution in [0.2, 0.25) is 0 Å². The predicted molar refractivity (Wildman–Crippen MR) is 125 cm³/mol. The van der Waals surface area contributed by atoms with Gasteiger partial charge < -0.3 is 19.9 Å². The van der Waals surface area contributed by atoms with Crippen LogP contribution >= 0.6 is 0 Å². The maximum absolute atomic E-state index is 13.3. The summed E-state index contributed by atoms with van der Waals surface area (Å²) in [6, 6.07) is 0.573. The highest BCUT2D eigenvalue weighted by molar-refractivity contribution is 5.83. The second kappa shape index (κ2) is 10.5. The van der Waals surface area contributed by atoms with Gasteiger partial charge in [-0.05, 0) is 73.4 Å². The number of carbonyl (C=O) groups excluding carboxylic acids is 2. The molecule has 2 heterocycles. The van der Waals surface area contributed by atoms with Gasteiger partial charge in [-0.2, -0.15) is 0 Å².